The topological polar surface area (TPSA) is 67.3 Å². The molecule has 0 unspecified atom stereocenters. The number of halogens is 1. The van der Waals surface area contributed by atoms with Crippen LogP contribution in [0.1, 0.15) is 0 Å². The number of rotatable bonds is 1. The molecule has 0 aliphatic carbocycles. The zero-order valence-corrected chi connectivity index (χ0v) is 7.70. The first-order chi connectivity index (χ1) is 4.50. The summed E-state index contributed by atoms with van der Waals surface area (Å²) in [6, 6.07) is 0. The van der Waals surface area contributed by atoms with Gasteiger partial charge in [0, 0.05) is 0 Å². The Morgan fingerprint density at radius 1 is 1.70 bits per heavy atom. The maximum Gasteiger partial charge on any atom is 0.305 e. The smallest absolute Gasteiger partial charge is 0.281 e. The van der Waals surface area contributed by atoms with E-state index in [0.29, 0.717) is 3.92 Å². The second-order valence-electron chi connectivity index (χ2n) is 1.41. The number of aromatic nitrogens is 1. The van der Waals surface area contributed by atoms with Crippen molar-refractivity contribution < 1.29 is 13.0 Å². The summed E-state index contributed by atoms with van der Waals surface area (Å²) < 4.78 is 29.4. The van der Waals surface area contributed by atoms with Crippen LogP contribution in [0.25, 0.3) is 0 Å². The van der Waals surface area contributed by atoms with E-state index >= 15 is 0 Å². The van der Waals surface area contributed by atoms with Gasteiger partial charge in [-0.2, -0.15) is 8.42 Å². The number of hydrogen-bond acceptors (Lipinski definition) is 4. The molecular weight excluding hydrogens is 242 g/mol. The maximum atomic E-state index is 10.4. The van der Waals surface area contributed by atoms with Crippen molar-refractivity contribution in [1.29, 1.82) is 0 Å². The molecule has 1 heterocycles. The van der Waals surface area contributed by atoms with E-state index in [1.54, 1.807) is 0 Å². The van der Waals surface area contributed by atoms with Crippen molar-refractivity contribution in [3.8, 4) is 0 Å². The molecule has 1 rings (SSSR count). The molecule has 0 amide bonds. The van der Waals surface area contributed by atoms with Crippen LogP contribution in [0.4, 0.5) is 0 Å². The Morgan fingerprint density at radius 2 is 2.30 bits per heavy atom. The van der Waals surface area contributed by atoms with Crippen molar-refractivity contribution in [2.45, 2.75) is 4.21 Å². The van der Waals surface area contributed by atoms with Gasteiger partial charge in [0.05, 0.1) is 6.20 Å². The predicted octanol–water partition coefficient (Wildman–Crippen LogP) is 1.15. The molecule has 0 spiro atoms. The minimum atomic E-state index is -4.06. The lowest BCUT2D eigenvalue weighted by molar-refractivity contribution is 0.485. The van der Waals surface area contributed by atoms with Gasteiger partial charge >= 0.3 is 10.1 Å². The van der Waals surface area contributed by atoms with Crippen LogP contribution < -0.4 is 0 Å². The highest BCUT2D eigenvalue weighted by molar-refractivity contribution is 9.11. The van der Waals surface area contributed by atoms with Gasteiger partial charge in [0.2, 0.25) is 0 Å². The molecule has 0 aliphatic heterocycles. The molecule has 0 bridgehead atoms. The second-order valence-corrected chi connectivity index (χ2v) is 5.36. The summed E-state index contributed by atoms with van der Waals surface area (Å²) in [6.45, 7) is 0. The number of hydrogen-bond donors (Lipinski definition) is 1. The molecule has 0 aromatic carbocycles. The number of nitrogens with zero attached hydrogens (tertiary/aromatic N) is 1. The van der Waals surface area contributed by atoms with E-state index in [1.807, 2.05) is 0 Å². The molecule has 0 atom stereocenters. The van der Waals surface area contributed by atoms with E-state index in [1.165, 1.54) is 0 Å². The second kappa shape index (κ2) is 2.57. The van der Waals surface area contributed by atoms with Crippen LogP contribution in [-0.2, 0) is 10.1 Å². The van der Waals surface area contributed by atoms with Crippen molar-refractivity contribution in [3.63, 3.8) is 0 Å². The molecule has 1 aromatic heterocycles. The standard InChI is InChI=1S/C3H2BrNO3S2/c4-3-5-1-2(9-3)10(6,7)8/h1H,(H,6,7,8). The van der Waals surface area contributed by atoms with Crippen LogP contribution in [0.2, 0.25) is 0 Å². The summed E-state index contributed by atoms with van der Waals surface area (Å²) in [5, 5.41) is 0. The Morgan fingerprint density at radius 3 is 2.50 bits per heavy atom. The van der Waals surface area contributed by atoms with E-state index < -0.39 is 10.1 Å². The quantitative estimate of drug-likeness (QED) is 0.752. The highest BCUT2D eigenvalue weighted by Crippen LogP contribution is 2.22. The van der Waals surface area contributed by atoms with Crippen LogP contribution in [0, 0.1) is 0 Å². The van der Waals surface area contributed by atoms with Crippen molar-refractivity contribution in [2.75, 3.05) is 0 Å². The third-order valence-corrected chi connectivity index (χ3v) is 3.48. The Kier molecular flexibility index (Phi) is 2.09. The van der Waals surface area contributed by atoms with Crippen LogP contribution in [0.5, 0.6) is 0 Å². The maximum absolute atomic E-state index is 10.4. The lowest BCUT2D eigenvalue weighted by Gasteiger charge is -1.83. The molecule has 1 N–H and O–H groups in total. The third kappa shape index (κ3) is 1.75. The Bertz CT molecular complexity index is 329. The normalized spacial score (nSPS) is 11.8. The Balaban J connectivity index is 3.21. The van der Waals surface area contributed by atoms with Gasteiger partial charge in [0.25, 0.3) is 0 Å². The monoisotopic (exact) mass is 243 g/mol. The fourth-order valence-corrected chi connectivity index (χ4v) is 2.53. The fourth-order valence-electron chi connectivity index (χ4n) is 0.358. The van der Waals surface area contributed by atoms with Crippen molar-refractivity contribution >= 4 is 37.4 Å². The van der Waals surface area contributed by atoms with Crippen LogP contribution in [0.15, 0.2) is 14.3 Å². The molecule has 0 radical (unpaired) electrons. The van der Waals surface area contributed by atoms with Crippen LogP contribution >= 0.6 is 27.3 Å². The van der Waals surface area contributed by atoms with Crippen LogP contribution in [-0.4, -0.2) is 18.0 Å². The first kappa shape index (κ1) is 8.12. The van der Waals surface area contributed by atoms with Gasteiger partial charge in [-0.1, -0.05) is 11.3 Å². The average molecular weight is 244 g/mol. The summed E-state index contributed by atoms with van der Waals surface area (Å²) in [4.78, 5) is 3.58. The first-order valence-electron chi connectivity index (χ1n) is 2.09. The van der Waals surface area contributed by atoms with E-state index in [9.17, 15) is 8.42 Å². The van der Waals surface area contributed by atoms with Crippen molar-refractivity contribution in [2.24, 2.45) is 0 Å². The molecule has 1 aromatic rings. The minimum Gasteiger partial charge on any atom is -0.281 e. The Hall–Kier alpha value is 0.0200. The van der Waals surface area contributed by atoms with E-state index in [-0.39, 0.29) is 4.21 Å². The lowest BCUT2D eigenvalue weighted by Crippen LogP contribution is -1.93. The van der Waals surface area contributed by atoms with Crippen molar-refractivity contribution in [1.82, 2.24) is 4.98 Å². The first-order valence-corrected chi connectivity index (χ1v) is 5.14. The summed E-state index contributed by atoms with van der Waals surface area (Å²) in [5.41, 5.74) is 0. The fraction of sp³-hybridized carbons (Fsp3) is 0. The molecule has 0 saturated carbocycles. The van der Waals surface area contributed by atoms with E-state index in [0.717, 1.165) is 17.5 Å². The molecular formula is C3H2BrNO3S2. The van der Waals surface area contributed by atoms with Gasteiger partial charge in [0.1, 0.15) is 0 Å². The highest BCUT2D eigenvalue weighted by atomic mass is 79.9. The summed E-state index contributed by atoms with van der Waals surface area (Å²) >= 11 is 3.82. The molecule has 10 heavy (non-hydrogen) atoms. The largest absolute Gasteiger partial charge is 0.305 e. The minimum absolute atomic E-state index is 0.153. The Labute approximate surface area is 69.8 Å². The van der Waals surface area contributed by atoms with Gasteiger partial charge in [0.15, 0.2) is 8.13 Å². The SMILES string of the molecule is O=S(=O)(O)c1cnc(Br)s1. The molecule has 0 fully saturated rings. The van der Waals surface area contributed by atoms with Gasteiger partial charge in [-0.05, 0) is 15.9 Å². The molecule has 7 heteroatoms. The molecule has 0 saturated heterocycles. The lowest BCUT2D eigenvalue weighted by atomic mass is 11.0. The van der Waals surface area contributed by atoms with Gasteiger partial charge in [-0.25, -0.2) is 4.98 Å². The zero-order valence-electron chi connectivity index (χ0n) is 4.48. The molecule has 0 aliphatic rings. The summed E-state index contributed by atoms with van der Waals surface area (Å²) in [6.07, 6.45) is 1.09. The summed E-state index contributed by atoms with van der Waals surface area (Å²) in [7, 11) is -4.06. The van der Waals surface area contributed by atoms with Gasteiger partial charge < -0.3 is 0 Å². The highest BCUT2D eigenvalue weighted by Gasteiger charge is 2.12. The molecule has 56 valence electrons. The summed E-state index contributed by atoms with van der Waals surface area (Å²) in [5.74, 6) is 0. The van der Waals surface area contributed by atoms with Gasteiger partial charge in [-0.3, -0.25) is 4.55 Å². The van der Waals surface area contributed by atoms with Crippen molar-refractivity contribution in [3.05, 3.63) is 10.1 Å². The van der Waals surface area contributed by atoms with E-state index in [2.05, 4.69) is 20.9 Å². The average Bonchev–Trinajstić information content (AvgIpc) is 2.11. The third-order valence-electron chi connectivity index (χ3n) is 0.711. The van der Waals surface area contributed by atoms with Crippen LogP contribution in [0.3, 0.4) is 0 Å². The van der Waals surface area contributed by atoms with E-state index in [4.69, 9.17) is 4.55 Å². The zero-order chi connectivity index (χ0) is 7.78. The number of thiazole rings is 1. The van der Waals surface area contributed by atoms with Gasteiger partial charge in [-0.15, -0.1) is 0 Å². The molecule has 4 nitrogen and oxygen atoms in total. The predicted molar refractivity (Wildman–Crippen MR) is 39.6 cm³/mol.